The zero-order chi connectivity index (χ0) is 17.6. The van der Waals surface area contributed by atoms with Crippen LogP contribution in [-0.4, -0.2) is 40.2 Å². The Labute approximate surface area is 148 Å². The van der Waals surface area contributed by atoms with Crippen LogP contribution in [0.15, 0.2) is 16.8 Å². The summed E-state index contributed by atoms with van der Waals surface area (Å²) in [4.78, 5) is 19.5. The Kier molecular flexibility index (Phi) is 7.78. The number of nitrogens with zero attached hydrogens (tertiary/aromatic N) is 2. The van der Waals surface area contributed by atoms with Crippen LogP contribution >= 0.6 is 34.8 Å². The highest BCUT2D eigenvalue weighted by molar-refractivity contribution is 6.48. The van der Waals surface area contributed by atoms with Crippen LogP contribution in [0.4, 0.5) is 0 Å². The molecule has 0 amide bonds. The summed E-state index contributed by atoms with van der Waals surface area (Å²) in [6.07, 6.45) is 1.49. The van der Waals surface area contributed by atoms with Crippen LogP contribution in [-0.2, 0) is 9.53 Å². The maximum absolute atomic E-state index is 12.0. The van der Waals surface area contributed by atoms with Crippen LogP contribution in [0.3, 0.4) is 0 Å². The van der Waals surface area contributed by atoms with Crippen molar-refractivity contribution in [2.75, 3.05) is 6.61 Å². The lowest BCUT2D eigenvalue weighted by Gasteiger charge is -2.10. The van der Waals surface area contributed by atoms with Crippen molar-refractivity contribution >= 4 is 52.7 Å². The highest BCUT2D eigenvalue weighted by Gasteiger charge is 2.21. The van der Waals surface area contributed by atoms with Gasteiger partial charge in [-0.3, -0.25) is 4.99 Å². The maximum atomic E-state index is 12.0. The zero-order valence-corrected chi connectivity index (χ0v) is 14.7. The van der Waals surface area contributed by atoms with Gasteiger partial charge in [0.1, 0.15) is 22.7 Å². The number of aliphatic hydroxyl groups excluding tert-OH is 2. The average Bonchev–Trinajstić information content (AvgIpc) is 2.52. The van der Waals surface area contributed by atoms with Crippen LogP contribution in [0.5, 0.6) is 0 Å². The Morgan fingerprint density at radius 3 is 2.61 bits per heavy atom. The van der Waals surface area contributed by atoms with Gasteiger partial charge in [0, 0.05) is 12.4 Å². The number of pyridine rings is 1. The predicted molar refractivity (Wildman–Crippen MR) is 90.2 cm³/mol. The normalized spacial score (nSPS) is 13.8. The van der Waals surface area contributed by atoms with E-state index in [1.54, 1.807) is 13.8 Å². The third-order valence-electron chi connectivity index (χ3n) is 2.66. The van der Waals surface area contributed by atoms with Gasteiger partial charge in [-0.2, -0.15) is 0 Å². The van der Waals surface area contributed by atoms with Crippen molar-refractivity contribution in [2.45, 2.75) is 26.5 Å². The molecule has 1 heterocycles. The number of esters is 1. The quantitative estimate of drug-likeness (QED) is 0.258. The number of hydrogen-bond acceptors (Lipinski definition) is 6. The smallest absolute Gasteiger partial charge is 0.343 e. The fourth-order valence-electron chi connectivity index (χ4n) is 1.44. The first kappa shape index (κ1) is 19.7. The summed E-state index contributed by atoms with van der Waals surface area (Å²) in [7, 11) is 0. The van der Waals surface area contributed by atoms with Crippen LogP contribution in [0, 0.1) is 0 Å². The number of aliphatic imine (C=N–C) groups is 1. The van der Waals surface area contributed by atoms with E-state index in [1.807, 2.05) is 0 Å². The van der Waals surface area contributed by atoms with Gasteiger partial charge >= 0.3 is 5.97 Å². The van der Waals surface area contributed by atoms with Crippen molar-refractivity contribution in [3.8, 4) is 0 Å². The van der Waals surface area contributed by atoms with Crippen molar-refractivity contribution in [2.24, 2.45) is 4.99 Å². The Bertz CT molecular complexity index is 647. The first-order valence-electron chi connectivity index (χ1n) is 6.64. The minimum atomic E-state index is -1.02. The van der Waals surface area contributed by atoms with Gasteiger partial charge < -0.3 is 14.9 Å². The lowest BCUT2D eigenvalue weighted by atomic mass is 10.1. The summed E-state index contributed by atoms with van der Waals surface area (Å²) in [5.74, 6) is -1.37. The molecule has 0 saturated heterocycles. The highest BCUT2D eigenvalue weighted by atomic mass is 35.5. The van der Waals surface area contributed by atoms with Crippen molar-refractivity contribution in [3.05, 3.63) is 32.5 Å². The van der Waals surface area contributed by atoms with Gasteiger partial charge in [-0.1, -0.05) is 41.7 Å². The number of ether oxygens (including phenoxy) is 1. The van der Waals surface area contributed by atoms with E-state index >= 15 is 0 Å². The third-order valence-corrected chi connectivity index (χ3v) is 3.90. The van der Waals surface area contributed by atoms with Crippen LogP contribution in [0.1, 0.15) is 25.8 Å². The lowest BCUT2D eigenvalue weighted by molar-refractivity contribution is -0.137. The molecule has 0 spiro atoms. The van der Waals surface area contributed by atoms with E-state index in [9.17, 15) is 15.0 Å². The van der Waals surface area contributed by atoms with Crippen molar-refractivity contribution in [1.29, 1.82) is 0 Å². The molecule has 0 radical (unpaired) electrons. The predicted octanol–water partition coefficient (Wildman–Crippen LogP) is 3.67. The van der Waals surface area contributed by atoms with Gasteiger partial charge in [-0.25, -0.2) is 9.78 Å². The number of rotatable bonds is 6. The lowest BCUT2D eigenvalue weighted by Crippen LogP contribution is -2.13. The monoisotopic (exact) mass is 380 g/mol. The fraction of sp³-hybridized carbons (Fsp3) is 0.357. The number of aliphatic hydroxyl groups is 2. The summed E-state index contributed by atoms with van der Waals surface area (Å²) >= 11 is 17.6. The molecule has 1 atom stereocenters. The maximum Gasteiger partial charge on any atom is 0.343 e. The van der Waals surface area contributed by atoms with Crippen LogP contribution in [0.2, 0.25) is 15.2 Å². The Balaban J connectivity index is 3.42. The molecule has 0 saturated carbocycles. The molecular weight excluding hydrogens is 367 g/mol. The SMILES string of the molecule is CCOC(=O)C(C=NC(O)CC)=C(O)c1cnc(Cl)c(Cl)c1Cl. The number of hydrogen-bond donors (Lipinski definition) is 2. The van der Waals surface area contributed by atoms with E-state index in [-0.39, 0.29) is 32.9 Å². The molecule has 0 aliphatic carbocycles. The van der Waals surface area contributed by atoms with E-state index in [2.05, 4.69) is 9.98 Å². The molecule has 9 heteroatoms. The first-order chi connectivity index (χ1) is 10.8. The standard InChI is InChI=1S/C14H15Cl3N2O4/c1-3-9(20)18-6-8(14(22)23-4-2)12(21)7-5-19-13(17)11(16)10(7)15/h5-6,9,20-21H,3-4H2,1-2H3. The number of halogens is 3. The van der Waals surface area contributed by atoms with E-state index < -0.39 is 18.0 Å². The Hall–Kier alpha value is -1.34. The minimum Gasteiger partial charge on any atom is -0.506 e. The summed E-state index contributed by atoms with van der Waals surface area (Å²) in [6, 6.07) is 0. The Morgan fingerprint density at radius 1 is 1.39 bits per heavy atom. The van der Waals surface area contributed by atoms with E-state index in [0.29, 0.717) is 6.42 Å². The van der Waals surface area contributed by atoms with Gasteiger partial charge in [0.25, 0.3) is 0 Å². The molecule has 1 aromatic rings. The molecule has 1 rings (SSSR count). The molecular formula is C14H15Cl3N2O4. The molecule has 126 valence electrons. The molecule has 0 fully saturated rings. The van der Waals surface area contributed by atoms with Gasteiger partial charge in [0.2, 0.25) is 0 Å². The molecule has 0 aliphatic heterocycles. The third kappa shape index (κ3) is 5.07. The van der Waals surface area contributed by atoms with Crippen molar-refractivity contribution in [3.63, 3.8) is 0 Å². The molecule has 0 aromatic carbocycles. The van der Waals surface area contributed by atoms with Gasteiger partial charge in [-0.05, 0) is 13.3 Å². The second-order valence-electron chi connectivity index (χ2n) is 4.24. The minimum absolute atomic E-state index is 0.0124. The molecule has 1 unspecified atom stereocenters. The molecule has 23 heavy (non-hydrogen) atoms. The second kappa shape index (κ2) is 9.08. The van der Waals surface area contributed by atoms with Crippen LogP contribution < -0.4 is 0 Å². The Morgan fingerprint density at radius 2 is 2.04 bits per heavy atom. The number of aromatic nitrogens is 1. The topological polar surface area (TPSA) is 92.0 Å². The van der Waals surface area contributed by atoms with E-state index in [1.165, 1.54) is 0 Å². The van der Waals surface area contributed by atoms with Gasteiger partial charge in [-0.15, -0.1) is 0 Å². The van der Waals surface area contributed by atoms with Gasteiger partial charge in [0.05, 0.1) is 22.2 Å². The zero-order valence-electron chi connectivity index (χ0n) is 12.4. The van der Waals surface area contributed by atoms with Crippen molar-refractivity contribution in [1.82, 2.24) is 4.98 Å². The van der Waals surface area contributed by atoms with Crippen molar-refractivity contribution < 1.29 is 19.7 Å². The molecule has 6 nitrogen and oxygen atoms in total. The van der Waals surface area contributed by atoms with Gasteiger partial charge in [0.15, 0.2) is 0 Å². The molecule has 2 N–H and O–H groups in total. The molecule has 0 bridgehead atoms. The molecule has 0 aliphatic rings. The largest absolute Gasteiger partial charge is 0.506 e. The fourth-order valence-corrected chi connectivity index (χ4v) is 2.01. The summed E-state index contributed by atoms with van der Waals surface area (Å²) < 4.78 is 4.85. The van der Waals surface area contributed by atoms with E-state index in [0.717, 1.165) is 12.4 Å². The summed E-state index contributed by atoms with van der Waals surface area (Å²) in [5, 5.41) is 19.6. The number of carbonyl (C=O) groups excluding carboxylic acids is 1. The summed E-state index contributed by atoms with van der Waals surface area (Å²) in [5.41, 5.74) is -0.303. The highest BCUT2D eigenvalue weighted by Crippen LogP contribution is 2.34. The molecule has 1 aromatic heterocycles. The first-order valence-corrected chi connectivity index (χ1v) is 7.78. The summed E-state index contributed by atoms with van der Waals surface area (Å²) in [6.45, 7) is 3.40. The second-order valence-corrected chi connectivity index (χ2v) is 5.35. The average molecular weight is 382 g/mol. The van der Waals surface area contributed by atoms with E-state index in [4.69, 9.17) is 39.5 Å². The number of carbonyl (C=O) groups is 1. The van der Waals surface area contributed by atoms with Crippen LogP contribution in [0.25, 0.3) is 5.76 Å².